The molecule has 9 aromatic carbocycles. The highest BCUT2D eigenvalue weighted by atomic mass is 15.1. The van der Waals surface area contributed by atoms with Crippen molar-refractivity contribution in [1.29, 1.82) is 0 Å². The Hall–Kier alpha value is -7.62. The highest BCUT2D eigenvalue weighted by molar-refractivity contribution is 6.14. The van der Waals surface area contributed by atoms with Crippen LogP contribution in [-0.4, -0.2) is 4.57 Å². The van der Waals surface area contributed by atoms with Crippen LogP contribution in [0.4, 0.5) is 34.1 Å². The van der Waals surface area contributed by atoms with Gasteiger partial charge in [-0.25, -0.2) is 0 Å². The van der Waals surface area contributed by atoms with Gasteiger partial charge in [0, 0.05) is 50.3 Å². The zero-order valence-electron chi connectivity index (χ0n) is 33.7. The molecular weight excluding hydrogens is 727 g/mol. The summed E-state index contributed by atoms with van der Waals surface area (Å²) in [6, 6.07) is 81.3. The number of fused-ring (bicyclic) bond motifs is 5. The molecule has 0 radical (unpaired) electrons. The maximum Gasteiger partial charge on any atom is 0.0582 e. The SMILES string of the molecule is CC1(C)c2ccccc2-n2c3ccc(-c4ccc(N(c5ccccc5)c5ccccc5)cc4)cc3c3cc(-c4ccc(N(c5ccccc5)c5ccccc5)cc4)cc1c32. The van der Waals surface area contributed by atoms with Crippen molar-refractivity contribution in [2.45, 2.75) is 19.3 Å². The van der Waals surface area contributed by atoms with Crippen molar-refractivity contribution in [3.63, 3.8) is 0 Å². The smallest absolute Gasteiger partial charge is 0.0582 e. The first-order valence-electron chi connectivity index (χ1n) is 20.8. The minimum Gasteiger partial charge on any atom is -0.311 e. The zero-order chi connectivity index (χ0) is 40.2. The predicted octanol–water partition coefficient (Wildman–Crippen LogP) is 15.7. The first kappa shape index (κ1) is 35.5. The summed E-state index contributed by atoms with van der Waals surface area (Å²) in [5.74, 6) is 0. The van der Waals surface area contributed by atoms with Crippen molar-refractivity contribution < 1.29 is 0 Å². The number of aromatic nitrogens is 1. The van der Waals surface area contributed by atoms with E-state index in [0.29, 0.717) is 0 Å². The second-order valence-electron chi connectivity index (χ2n) is 16.2. The van der Waals surface area contributed by atoms with Gasteiger partial charge in [0.15, 0.2) is 0 Å². The Bertz CT molecular complexity index is 3050. The van der Waals surface area contributed by atoms with E-state index in [1.807, 2.05) is 0 Å². The normalized spacial score (nSPS) is 12.6. The van der Waals surface area contributed by atoms with Gasteiger partial charge in [0.05, 0.1) is 16.7 Å². The number of benzene rings is 9. The summed E-state index contributed by atoms with van der Waals surface area (Å²) < 4.78 is 2.51. The summed E-state index contributed by atoms with van der Waals surface area (Å²) in [7, 11) is 0. The van der Waals surface area contributed by atoms with Gasteiger partial charge >= 0.3 is 0 Å². The Morgan fingerprint density at radius 1 is 0.333 bits per heavy atom. The molecule has 1 aliphatic heterocycles. The van der Waals surface area contributed by atoms with Gasteiger partial charge in [-0.05, 0) is 137 Å². The van der Waals surface area contributed by atoms with Crippen molar-refractivity contribution in [3.8, 4) is 27.9 Å². The number of rotatable bonds is 8. The largest absolute Gasteiger partial charge is 0.311 e. The fourth-order valence-corrected chi connectivity index (χ4v) is 9.37. The monoisotopic (exact) mass is 769 g/mol. The van der Waals surface area contributed by atoms with Crippen LogP contribution in [0.5, 0.6) is 0 Å². The lowest BCUT2D eigenvalue weighted by Crippen LogP contribution is -2.26. The zero-order valence-corrected chi connectivity index (χ0v) is 33.7. The first-order valence-corrected chi connectivity index (χ1v) is 20.8. The van der Waals surface area contributed by atoms with Crippen molar-refractivity contribution >= 4 is 55.9 Å². The van der Waals surface area contributed by atoms with Gasteiger partial charge in [0.1, 0.15) is 0 Å². The molecule has 0 fully saturated rings. The Balaban J connectivity index is 1.04. The lowest BCUT2D eigenvalue weighted by Gasteiger charge is -2.35. The quantitative estimate of drug-likeness (QED) is 0.152. The Kier molecular flexibility index (Phi) is 8.49. The summed E-state index contributed by atoms with van der Waals surface area (Å²) in [5.41, 5.74) is 17.8. The van der Waals surface area contributed by atoms with E-state index in [4.69, 9.17) is 0 Å². The van der Waals surface area contributed by atoms with Gasteiger partial charge in [0.25, 0.3) is 0 Å². The van der Waals surface area contributed by atoms with Gasteiger partial charge in [0.2, 0.25) is 0 Å². The molecule has 0 saturated carbocycles. The summed E-state index contributed by atoms with van der Waals surface area (Å²) in [6.45, 7) is 4.76. The van der Waals surface area contributed by atoms with Crippen LogP contribution >= 0.6 is 0 Å². The standard InChI is InChI=1S/C57H43N3/c1-57(2)52-25-15-16-26-55(52)60-54-36-31-42(40-27-32-48(33-28-40)58(44-17-7-3-8-18-44)45-19-9-4-10-20-45)37-50(54)51-38-43(39-53(57)56(51)60)41-29-34-49(35-30-41)59(46-21-11-5-12-22-46)47-23-13-6-14-24-47/h3-39H,1-2H3. The molecule has 3 heteroatoms. The molecule has 0 amide bonds. The number of anilines is 6. The molecule has 2 heterocycles. The minimum absolute atomic E-state index is 0.200. The van der Waals surface area contributed by atoms with E-state index in [1.54, 1.807) is 0 Å². The van der Waals surface area contributed by atoms with Crippen LogP contribution in [0.15, 0.2) is 224 Å². The van der Waals surface area contributed by atoms with Crippen LogP contribution in [0.25, 0.3) is 49.7 Å². The molecule has 0 atom stereocenters. The molecule has 60 heavy (non-hydrogen) atoms. The number of para-hydroxylation sites is 5. The third-order valence-electron chi connectivity index (χ3n) is 12.3. The third-order valence-corrected chi connectivity index (χ3v) is 12.3. The molecule has 0 unspecified atom stereocenters. The Morgan fingerprint density at radius 2 is 0.733 bits per heavy atom. The molecule has 0 N–H and O–H groups in total. The Labute approximate surface area is 351 Å². The maximum absolute atomic E-state index is 2.51. The van der Waals surface area contributed by atoms with Crippen LogP contribution in [0.2, 0.25) is 0 Å². The average molecular weight is 770 g/mol. The fraction of sp³-hybridized carbons (Fsp3) is 0.0526. The number of hydrogen-bond acceptors (Lipinski definition) is 2. The number of nitrogens with zero attached hydrogens (tertiary/aromatic N) is 3. The van der Waals surface area contributed by atoms with E-state index in [1.165, 1.54) is 60.9 Å². The summed E-state index contributed by atoms with van der Waals surface area (Å²) >= 11 is 0. The minimum atomic E-state index is -0.200. The summed E-state index contributed by atoms with van der Waals surface area (Å²) in [4.78, 5) is 4.63. The second-order valence-corrected chi connectivity index (χ2v) is 16.2. The second kappa shape index (κ2) is 14.3. The van der Waals surface area contributed by atoms with E-state index in [9.17, 15) is 0 Å². The molecule has 0 saturated heterocycles. The predicted molar refractivity (Wildman–Crippen MR) is 253 cm³/mol. The van der Waals surface area contributed by atoms with E-state index < -0.39 is 0 Å². The van der Waals surface area contributed by atoms with Crippen LogP contribution in [-0.2, 0) is 5.41 Å². The molecule has 3 nitrogen and oxygen atoms in total. The lowest BCUT2D eigenvalue weighted by molar-refractivity contribution is 0.630. The molecule has 0 bridgehead atoms. The Morgan fingerprint density at radius 3 is 1.23 bits per heavy atom. The highest BCUT2D eigenvalue weighted by Crippen LogP contribution is 2.50. The van der Waals surface area contributed by atoms with Gasteiger partial charge in [-0.2, -0.15) is 0 Å². The molecular formula is C57H43N3. The molecule has 11 rings (SSSR count). The van der Waals surface area contributed by atoms with Gasteiger partial charge in [-0.3, -0.25) is 0 Å². The van der Waals surface area contributed by atoms with Crippen molar-refractivity contribution in [2.24, 2.45) is 0 Å². The molecule has 0 aliphatic carbocycles. The molecule has 1 aliphatic rings. The van der Waals surface area contributed by atoms with Crippen molar-refractivity contribution in [3.05, 3.63) is 236 Å². The van der Waals surface area contributed by atoms with Crippen molar-refractivity contribution in [1.82, 2.24) is 4.57 Å². The van der Waals surface area contributed by atoms with E-state index in [0.717, 1.165) is 34.1 Å². The molecule has 1 aromatic heterocycles. The van der Waals surface area contributed by atoms with E-state index in [2.05, 4.69) is 253 Å². The van der Waals surface area contributed by atoms with Gasteiger partial charge in [-0.1, -0.05) is 135 Å². The van der Waals surface area contributed by atoms with Crippen LogP contribution in [0.3, 0.4) is 0 Å². The molecule has 10 aromatic rings. The van der Waals surface area contributed by atoms with Gasteiger partial charge < -0.3 is 14.4 Å². The van der Waals surface area contributed by atoms with Crippen LogP contribution in [0.1, 0.15) is 25.0 Å². The maximum atomic E-state index is 2.51. The van der Waals surface area contributed by atoms with Crippen LogP contribution < -0.4 is 9.80 Å². The van der Waals surface area contributed by atoms with Crippen LogP contribution in [0, 0.1) is 0 Å². The molecule has 0 spiro atoms. The topological polar surface area (TPSA) is 11.4 Å². The lowest BCUT2D eigenvalue weighted by atomic mass is 9.74. The van der Waals surface area contributed by atoms with E-state index in [-0.39, 0.29) is 5.41 Å². The van der Waals surface area contributed by atoms with E-state index >= 15 is 0 Å². The summed E-state index contributed by atoms with van der Waals surface area (Å²) in [6.07, 6.45) is 0. The van der Waals surface area contributed by atoms with Crippen molar-refractivity contribution in [2.75, 3.05) is 9.80 Å². The first-order chi connectivity index (χ1) is 29.5. The average Bonchev–Trinajstić information content (AvgIpc) is 3.64. The summed E-state index contributed by atoms with van der Waals surface area (Å²) in [5, 5.41) is 2.53. The number of hydrogen-bond donors (Lipinski definition) is 0. The fourth-order valence-electron chi connectivity index (χ4n) is 9.37. The van der Waals surface area contributed by atoms with Gasteiger partial charge in [-0.15, -0.1) is 0 Å². The highest BCUT2D eigenvalue weighted by Gasteiger charge is 2.35. The molecule has 286 valence electrons. The third kappa shape index (κ3) is 5.89.